The minimum atomic E-state index is -1.49. The highest BCUT2D eigenvalue weighted by Gasteiger charge is 2.26. The minimum absolute atomic E-state index is 0.0700. The van der Waals surface area contributed by atoms with Crippen molar-refractivity contribution in [3.05, 3.63) is 22.0 Å². The molecule has 0 saturated carbocycles. The van der Waals surface area contributed by atoms with Gasteiger partial charge in [0.05, 0.1) is 4.92 Å². The first-order valence-corrected chi connectivity index (χ1v) is 4.21. The molecule has 17 heavy (non-hydrogen) atoms. The molecule has 0 aliphatic rings. The zero-order valence-electron chi connectivity index (χ0n) is 8.38. The Morgan fingerprint density at radius 2 is 2.29 bits per heavy atom. The average Bonchev–Trinajstić information content (AvgIpc) is 2.82. The number of carbonyl (C=O) groups is 1. The molecule has 0 radical (unpaired) electrons. The zero-order valence-corrected chi connectivity index (χ0v) is 8.38. The number of aromatic nitrogens is 6. The van der Waals surface area contributed by atoms with Crippen LogP contribution in [0.1, 0.15) is 10.5 Å². The van der Waals surface area contributed by atoms with Crippen LogP contribution in [0.4, 0.5) is 5.69 Å². The van der Waals surface area contributed by atoms with Gasteiger partial charge in [-0.3, -0.25) is 10.1 Å². The Morgan fingerprint density at radius 1 is 1.59 bits per heavy atom. The second-order valence-electron chi connectivity index (χ2n) is 2.97. The van der Waals surface area contributed by atoms with Crippen molar-refractivity contribution in [2.75, 3.05) is 0 Å². The van der Waals surface area contributed by atoms with Crippen molar-refractivity contribution in [3.8, 4) is 5.95 Å². The van der Waals surface area contributed by atoms with Crippen molar-refractivity contribution in [1.29, 1.82) is 0 Å². The number of aromatic carboxylic acids is 1. The number of aryl methyl sites for hydroxylation is 1. The molecule has 1 N–H and O–H groups in total. The van der Waals surface area contributed by atoms with Gasteiger partial charge in [-0.05, 0) is 10.4 Å². The van der Waals surface area contributed by atoms with Gasteiger partial charge in [-0.1, -0.05) is 5.10 Å². The summed E-state index contributed by atoms with van der Waals surface area (Å²) in [6.45, 7) is 0. The maximum absolute atomic E-state index is 10.8. The molecular formula is C6H5N7O4. The van der Waals surface area contributed by atoms with E-state index in [-0.39, 0.29) is 5.95 Å². The fourth-order valence-electron chi connectivity index (χ4n) is 1.17. The van der Waals surface area contributed by atoms with Crippen LogP contribution < -0.4 is 0 Å². The predicted octanol–water partition coefficient (Wildman–Crippen LogP) is -0.998. The van der Waals surface area contributed by atoms with Crippen LogP contribution in [-0.4, -0.2) is 46.0 Å². The van der Waals surface area contributed by atoms with Gasteiger partial charge in [-0.25, -0.2) is 9.48 Å². The van der Waals surface area contributed by atoms with E-state index in [0.717, 1.165) is 10.9 Å². The Balaban J connectivity index is 2.59. The van der Waals surface area contributed by atoms with Crippen molar-refractivity contribution in [2.24, 2.45) is 7.05 Å². The lowest BCUT2D eigenvalue weighted by atomic mass is 10.4. The first kappa shape index (κ1) is 10.7. The molecule has 11 heteroatoms. The SMILES string of the molecule is Cn1nnnc1-n1cc([N+](=O)[O-])c(C(=O)O)n1. The van der Waals surface area contributed by atoms with E-state index in [9.17, 15) is 14.9 Å². The summed E-state index contributed by atoms with van der Waals surface area (Å²) in [5.74, 6) is -1.42. The summed E-state index contributed by atoms with van der Waals surface area (Å²) in [7, 11) is 1.49. The molecular weight excluding hydrogens is 234 g/mol. The highest BCUT2D eigenvalue weighted by molar-refractivity contribution is 5.89. The summed E-state index contributed by atoms with van der Waals surface area (Å²) in [5, 5.41) is 33.3. The van der Waals surface area contributed by atoms with Crippen LogP contribution in [-0.2, 0) is 7.05 Å². The van der Waals surface area contributed by atoms with Crippen LogP contribution in [0.15, 0.2) is 6.20 Å². The molecule has 88 valence electrons. The Hall–Kier alpha value is -2.85. The molecule has 0 aliphatic heterocycles. The number of carboxylic acid groups (broad SMARTS) is 1. The van der Waals surface area contributed by atoms with Crippen molar-refractivity contribution in [1.82, 2.24) is 30.0 Å². The molecule has 11 nitrogen and oxygen atoms in total. The summed E-state index contributed by atoms with van der Waals surface area (Å²) in [5.41, 5.74) is -1.29. The molecule has 0 spiro atoms. The quantitative estimate of drug-likeness (QED) is 0.530. The Bertz CT molecular complexity index is 568. The van der Waals surface area contributed by atoms with Crippen LogP contribution >= 0.6 is 0 Å². The third-order valence-electron chi connectivity index (χ3n) is 1.90. The number of nitrogens with zero attached hydrogens (tertiary/aromatic N) is 7. The highest BCUT2D eigenvalue weighted by Crippen LogP contribution is 2.18. The van der Waals surface area contributed by atoms with Gasteiger partial charge in [0.1, 0.15) is 6.20 Å². The average molecular weight is 239 g/mol. The number of tetrazole rings is 1. The van der Waals surface area contributed by atoms with Gasteiger partial charge >= 0.3 is 11.7 Å². The molecule has 0 aromatic carbocycles. The van der Waals surface area contributed by atoms with Crippen molar-refractivity contribution >= 4 is 11.7 Å². The summed E-state index contributed by atoms with van der Waals surface area (Å²) in [6.07, 6.45) is 0.940. The topological polar surface area (TPSA) is 142 Å². The molecule has 0 bridgehead atoms. The fraction of sp³-hybridized carbons (Fsp3) is 0.167. The molecule has 0 aliphatic carbocycles. The zero-order chi connectivity index (χ0) is 12.6. The van der Waals surface area contributed by atoms with Gasteiger partial charge in [0.15, 0.2) is 0 Å². The van der Waals surface area contributed by atoms with E-state index in [1.165, 1.54) is 11.7 Å². The monoisotopic (exact) mass is 239 g/mol. The second-order valence-corrected chi connectivity index (χ2v) is 2.97. The number of carboxylic acids is 1. The standard InChI is InChI=1S/C6H5N7O4/c1-11-6(7-9-10-11)12-2-3(13(16)17)4(8-12)5(14)15/h2H,1H3,(H,14,15). The van der Waals surface area contributed by atoms with Crippen LogP contribution in [0.25, 0.3) is 5.95 Å². The summed E-state index contributed by atoms with van der Waals surface area (Å²) in [6, 6.07) is 0. The summed E-state index contributed by atoms with van der Waals surface area (Å²) in [4.78, 5) is 20.5. The van der Waals surface area contributed by atoms with Crippen LogP contribution in [0.5, 0.6) is 0 Å². The van der Waals surface area contributed by atoms with Gasteiger partial charge in [0.25, 0.3) is 5.95 Å². The first-order chi connectivity index (χ1) is 8.00. The second kappa shape index (κ2) is 3.62. The summed E-state index contributed by atoms with van der Waals surface area (Å²) >= 11 is 0. The van der Waals surface area contributed by atoms with Gasteiger partial charge in [-0.2, -0.15) is 9.78 Å². The predicted molar refractivity (Wildman–Crippen MR) is 49.5 cm³/mol. The van der Waals surface area contributed by atoms with Gasteiger partial charge in [-0.15, -0.1) is 0 Å². The number of rotatable bonds is 3. The van der Waals surface area contributed by atoms with Crippen molar-refractivity contribution in [2.45, 2.75) is 0 Å². The van der Waals surface area contributed by atoms with Gasteiger partial charge < -0.3 is 5.11 Å². The maximum Gasteiger partial charge on any atom is 0.363 e. The number of hydrogen-bond donors (Lipinski definition) is 1. The van der Waals surface area contributed by atoms with E-state index in [2.05, 4.69) is 20.6 Å². The number of hydrogen-bond acceptors (Lipinski definition) is 7. The lowest BCUT2D eigenvalue weighted by Gasteiger charge is -1.94. The lowest BCUT2D eigenvalue weighted by molar-refractivity contribution is -0.385. The molecule has 0 atom stereocenters. The third-order valence-corrected chi connectivity index (χ3v) is 1.90. The van der Waals surface area contributed by atoms with Crippen molar-refractivity contribution in [3.63, 3.8) is 0 Å². The Kier molecular flexibility index (Phi) is 2.27. The van der Waals surface area contributed by atoms with E-state index in [4.69, 9.17) is 5.11 Å². The van der Waals surface area contributed by atoms with Crippen molar-refractivity contribution < 1.29 is 14.8 Å². The smallest absolute Gasteiger partial charge is 0.363 e. The van der Waals surface area contributed by atoms with E-state index < -0.39 is 22.3 Å². The van der Waals surface area contributed by atoms with E-state index in [1.807, 2.05) is 0 Å². The normalized spacial score (nSPS) is 10.4. The Morgan fingerprint density at radius 3 is 2.71 bits per heavy atom. The fourth-order valence-corrected chi connectivity index (χ4v) is 1.17. The molecule has 0 amide bonds. The Labute approximate surface area is 92.4 Å². The minimum Gasteiger partial charge on any atom is -0.476 e. The first-order valence-electron chi connectivity index (χ1n) is 4.21. The van der Waals surface area contributed by atoms with Crippen LogP contribution in [0, 0.1) is 10.1 Å². The summed E-state index contributed by atoms with van der Waals surface area (Å²) < 4.78 is 2.13. The maximum atomic E-state index is 10.8. The van der Waals surface area contributed by atoms with E-state index in [1.54, 1.807) is 0 Å². The molecule has 0 unspecified atom stereocenters. The van der Waals surface area contributed by atoms with E-state index >= 15 is 0 Å². The highest BCUT2D eigenvalue weighted by atomic mass is 16.6. The molecule has 2 aromatic heterocycles. The lowest BCUT2D eigenvalue weighted by Crippen LogP contribution is -2.06. The van der Waals surface area contributed by atoms with Gasteiger partial charge in [0, 0.05) is 7.05 Å². The largest absolute Gasteiger partial charge is 0.476 e. The third kappa shape index (κ3) is 1.68. The molecule has 2 rings (SSSR count). The molecule has 0 saturated heterocycles. The van der Waals surface area contributed by atoms with E-state index in [0.29, 0.717) is 0 Å². The molecule has 2 heterocycles. The molecule has 0 fully saturated rings. The van der Waals surface area contributed by atoms with Crippen LogP contribution in [0.2, 0.25) is 0 Å². The van der Waals surface area contributed by atoms with Crippen LogP contribution in [0.3, 0.4) is 0 Å². The van der Waals surface area contributed by atoms with Gasteiger partial charge in [0.2, 0.25) is 5.69 Å². The molecule has 2 aromatic rings. The number of nitro groups is 1.